The number of piperazine rings is 1. The highest BCUT2D eigenvalue weighted by Gasteiger charge is 2.47. The van der Waals surface area contributed by atoms with Crippen molar-refractivity contribution in [1.29, 1.82) is 0 Å². The number of amides is 1. The van der Waals surface area contributed by atoms with E-state index in [1.165, 1.54) is 0 Å². The van der Waals surface area contributed by atoms with Crippen LogP contribution in [0.15, 0.2) is 24.5 Å². The molecule has 21 heavy (non-hydrogen) atoms. The van der Waals surface area contributed by atoms with E-state index in [1.807, 2.05) is 17.0 Å². The van der Waals surface area contributed by atoms with Gasteiger partial charge in [0.1, 0.15) is 0 Å². The molecule has 114 valence electrons. The molecule has 3 heterocycles. The van der Waals surface area contributed by atoms with Gasteiger partial charge in [0.2, 0.25) is 5.91 Å². The highest BCUT2D eigenvalue weighted by molar-refractivity contribution is 5.95. The first kappa shape index (κ1) is 14.5. The lowest BCUT2D eigenvalue weighted by Crippen LogP contribution is -2.64. The van der Waals surface area contributed by atoms with Crippen LogP contribution in [-0.2, 0) is 4.79 Å². The van der Waals surface area contributed by atoms with Crippen LogP contribution in [0.5, 0.6) is 0 Å². The molecule has 5 nitrogen and oxygen atoms in total. The SMILES string of the molecule is CC(C)N1CCC2(CN(c3cccnc3)C(=O)CN2C)C1. The maximum atomic E-state index is 12.4. The van der Waals surface area contributed by atoms with E-state index in [9.17, 15) is 4.79 Å². The molecule has 1 aromatic rings. The molecule has 1 atom stereocenters. The third-order valence-electron chi connectivity index (χ3n) is 4.99. The van der Waals surface area contributed by atoms with E-state index in [2.05, 4.69) is 35.7 Å². The van der Waals surface area contributed by atoms with Gasteiger partial charge >= 0.3 is 0 Å². The van der Waals surface area contributed by atoms with Crippen LogP contribution in [0.4, 0.5) is 5.69 Å². The van der Waals surface area contributed by atoms with Crippen molar-refractivity contribution in [3.05, 3.63) is 24.5 Å². The second kappa shape index (κ2) is 5.39. The molecule has 3 rings (SSSR count). The Morgan fingerprint density at radius 2 is 2.14 bits per heavy atom. The van der Waals surface area contributed by atoms with E-state index >= 15 is 0 Å². The van der Waals surface area contributed by atoms with Gasteiger partial charge in [-0.1, -0.05) is 0 Å². The molecule has 1 amide bonds. The van der Waals surface area contributed by atoms with E-state index in [4.69, 9.17) is 0 Å². The van der Waals surface area contributed by atoms with Crippen LogP contribution < -0.4 is 4.90 Å². The second-order valence-corrected chi connectivity index (χ2v) is 6.59. The maximum Gasteiger partial charge on any atom is 0.241 e. The largest absolute Gasteiger partial charge is 0.308 e. The topological polar surface area (TPSA) is 39.7 Å². The van der Waals surface area contributed by atoms with E-state index < -0.39 is 0 Å². The fourth-order valence-corrected chi connectivity index (χ4v) is 3.48. The van der Waals surface area contributed by atoms with Gasteiger partial charge in [0.25, 0.3) is 0 Å². The normalized spacial score (nSPS) is 28.0. The second-order valence-electron chi connectivity index (χ2n) is 6.59. The molecule has 1 aromatic heterocycles. The Balaban J connectivity index is 1.85. The van der Waals surface area contributed by atoms with Crippen LogP contribution in [0.3, 0.4) is 0 Å². The number of anilines is 1. The summed E-state index contributed by atoms with van der Waals surface area (Å²) in [6.07, 6.45) is 4.65. The fraction of sp³-hybridized carbons (Fsp3) is 0.625. The molecule has 2 aliphatic rings. The van der Waals surface area contributed by atoms with Gasteiger partial charge in [-0.05, 0) is 39.4 Å². The van der Waals surface area contributed by atoms with Crippen molar-refractivity contribution in [3.8, 4) is 0 Å². The Hall–Kier alpha value is -1.46. The number of likely N-dealkylation sites (tertiary alicyclic amines) is 1. The van der Waals surface area contributed by atoms with Crippen molar-refractivity contribution in [2.75, 3.05) is 38.1 Å². The highest BCUT2D eigenvalue weighted by atomic mass is 16.2. The average molecular weight is 288 g/mol. The molecule has 5 heteroatoms. The lowest BCUT2D eigenvalue weighted by molar-refractivity contribution is -0.123. The van der Waals surface area contributed by atoms with Gasteiger partial charge in [0.15, 0.2) is 0 Å². The minimum atomic E-state index is 0.0774. The number of aromatic nitrogens is 1. The molecule has 0 aromatic carbocycles. The van der Waals surface area contributed by atoms with E-state index in [-0.39, 0.29) is 11.4 Å². The molecule has 1 unspecified atom stereocenters. The fourth-order valence-electron chi connectivity index (χ4n) is 3.48. The van der Waals surface area contributed by atoms with Gasteiger partial charge < -0.3 is 4.90 Å². The predicted molar refractivity (Wildman–Crippen MR) is 83.3 cm³/mol. The summed E-state index contributed by atoms with van der Waals surface area (Å²) < 4.78 is 0. The van der Waals surface area contributed by atoms with Gasteiger partial charge in [-0.2, -0.15) is 0 Å². The summed E-state index contributed by atoms with van der Waals surface area (Å²) in [5, 5.41) is 0. The zero-order chi connectivity index (χ0) is 15.0. The van der Waals surface area contributed by atoms with E-state index in [0.29, 0.717) is 12.6 Å². The molecule has 1 spiro atoms. The van der Waals surface area contributed by atoms with Gasteiger partial charge in [-0.25, -0.2) is 0 Å². The summed E-state index contributed by atoms with van der Waals surface area (Å²) in [7, 11) is 2.09. The number of nitrogens with zero attached hydrogens (tertiary/aromatic N) is 4. The average Bonchev–Trinajstić information content (AvgIpc) is 2.90. The molecule has 0 N–H and O–H groups in total. The molecular formula is C16H24N4O. The van der Waals surface area contributed by atoms with Crippen LogP contribution >= 0.6 is 0 Å². The molecule has 0 radical (unpaired) electrons. The lowest BCUT2D eigenvalue weighted by Gasteiger charge is -2.47. The maximum absolute atomic E-state index is 12.4. The van der Waals surface area contributed by atoms with Crippen molar-refractivity contribution in [2.24, 2.45) is 0 Å². The Bertz CT molecular complexity index is 518. The first-order chi connectivity index (χ1) is 10.0. The van der Waals surface area contributed by atoms with Crippen LogP contribution in [-0.4, -0.2) is 65.5 Å². The molecule has 2 saturated heterocycles. The summed E-state index contributed by atoms with van der Waals surface area (Å²) in [6.45, 7) is 7.87. The summed E-state index contributed by atoms with van der Waals surface area (Å²) in [6, 6.07) is 4.42. The summed E-state index contributed by atoms with van der Waals surface area (Å²) in [4.78, 5) is 23.2. The Kier molecular flexibility index (Phi) is 3.71. The van der Waals surface area contributed by atoms with Crippen molar-refractivity contribution >= 4 is 11.6 Å². The lowest BCUT2D eigenvalue weighted by atomic mass is 9.92. The first-order valence-electron chi connectivity index (χ1n) is 7.67. The molecule has 2 fully saturated rings. The Morgan fingerprint density at radius 1 is 1.33 bits per heavy atom. The summed E-state index contributed by atoms with van der Waals surface area (Å²) in [5.74, 6) is 0.166. The first-order valence-corrected chi connectivity index (χ1v) is 7.67. The molecule has 0 bridgehead atoms. The monoisotopic (exact) mass is 288 g/mol. The van der Waals surface area contributed by atoms with Crippen molar-refractivity contribution in [2.45, 2.75) is 31.8 Å². The minimum absolute atomic E-state index is 0.0774. The van der Waals surface area contributed by atoms with Gasteiger partial charge in [0.05, 0.1) is 24.0 Å². The number of hydrogen-bond donors (Lipinski definition) is 0. The number of carbonyl (C=O) groups excluding carboxylic acids is 1. The van der Waals surface area contributed by atoms with Crippen molar-refractivity contribution < 1.29 is 4.79 Å². The van der Waals surface area contributed by atoms with Crippen LogP contribution in [0.2, 0.25) is 0 Å². The minimum Gasteiger partial charge on any atom is -0.308 e. The molecule has 0 aliphatic carbocycles. The highest BCUT2D eigenvalue weighted by Crippen LogP contribution is 2.33. The summed E-state index contributed by atoms with van der Waals surface area (Å²) in [5.41, 5.74) is 0.992. The van der Waals surface area contributed by atoms with Crippen LogP contribution in [0.1, 0.15) is 20.3 Å². The van der Waals surface area contributed by atoms with Crippen molar-refractivity contribution in [3.63, 3.8) is 0 Å². The third kappa shape index (κ3) is 2.56. The molecule has 2 aliphatic heterocycles. The Labute approximate surface area is 126 Å². The number of carbonyl (C=O) groups is 1. The number of likely N-dealkylation sites (N-methyl/N-ethyl adjacent to an activating group) is 1. The number of rotatable bonds is 2. The van der Waals surface area contributed by atoms with Crippen LogP contribution in [0.25, 0.3) is 0 Å². The molecule has 0 saturated carbocycles. The number of hydrogen-bond acceptors (Lipinski definition) is 4. The quantitative estimate of drug-likeness (QED) is 0.820. The van der Waals surface area contributed by atoms with Crippen molar-refractivity contribution in [1.82, 2.24) is 14.8 Å². The molecular weight excluding hydrogens is 264 g/mol. The Morgan fingerprint density at radius 3 is 2.76 bits per heavy atom. The number of pyridine rings is 1. The van der Waals surface area contributed by atoms with E-state index in [1.54, 1.807) is 12.4 Å². The van der Waals surface area contributed by atoms with Gasteiger partial charge in [-0.3, -0.25) is 19.6 Å². The predicted octanol–water partition coefficient (Wildman–Crippen LogP) is 1.21. The van der Waals surface area contributed by atoms with E-state index in [0.717, 1.165) is 31.7 Å². The standard InChI is InChI=1S/C16H24N4O/c1-13(2)19-8-6-16(11-19)12-20(15(21)10-18(16)3)14-5-4-7-17-9-14/h4-5,7,9,13H,6,8,10-12H2,1-3H3. The summed E-state index contributed by atoms with van der Waals surface area (Å²) >= 11 is 0. The zero-order valence-corrected chi connectivity index (χ0v) is 13.1. The van der Waals surface area contributed by atoms with Crippen LogP contribution in [0, 0.1) is 0 Å². The van der Waals surface area contributed by atoms with Gasteiger partial charge in [0, 0.05) is 31.9 Å². The van der Waals surface area contributed by atoms with Gasteiger partial charge in [-0.15, -0.1) is 0 Å². The smallest absolute Gasteiger partial charge is 0.241 e. The third-order valence-corrected chi connectivity index (χ3v) is 4.99. The zero-order valence-electron chi connectivity index (χ0n) is 13.1.